The van der Waals surface area contributed by atoms with Gasteiger partial charge in [0.2, 0.25) is 0 Å². The van der Waals surface area contributed by atoms with Crippen LogP contribution in [0.1, 0.15) is 82.3 Å². The summed E-state index contributed by atoms with van der Waals surface area (Å²) in [4.78, 5) is 7.35. The van der Waals surface area contributed by atoms with Gasteiger partial charge >= 0.3 is 0 Å². The number of aliphatic imine (C=N–C) groups is 1. The first-order chi connectivity index (χ1) is 15.1. The Balaban J connectivity index is 2.03. The summed E-state index contributed by atoms with van der Waals surface area (Å²) in [6.45, 7) is 5.12. The lowest BCUT2D eigenvalue weighted by molar-refractivity contribution is 0.389. The number of nitrogens with zero attached hydrogens (tertiary/aromatic N) is 2. The summed E-state index contributed by atoms with van der Waals surface area (Å²) >= 11 is 0. The van der Waals surface area contributed by atoms with E-state index in [0.717, 1.165) is 62.4 Å². The predicted molar refractivity (Wildman–Crippen MR) is 131 cm³/mol. The maximum atomic E-state index is 6.31. The van der Waals surface area contributed by atoms with E-state index in [1.807, 2.05) is 0 Å². The molecule has 1 aromatic carbocycles. The molecule has 1 aromatic rings. The molecule has 2 aliphatic rings. The van der Waals surface area contributed by atoms with Crippen LogP contribution in [0.15, 0.2) is 58.5 Å². The second-order valence-corrected chi connectivity index (χ2v) is 8.70. The van der Waals surface area contributed by atoms with Crippen molar-refractivity contribution < 1.29 is 4.74 Å². The van der Waals surface area contributed by atoms with Gasteiger partial charge in [0, 0.05) is 18.2 Å². The zero-order valence-electron chi connectivity index (χ0n) is 19.6. The Hall–Kier alpha value is -2.49. The molecule has 0 fully saturated rings. The monoisotopic (exact) mass is 421 g/mol. The molecule has 2 heterocycles. The summed E-state index contributed by atoms with van der Waals surface area (Å²) in [5, 5.41) is 0. The lowest BCUT2D eigenvalue weighted by Crippen LogP contribution is -2.23. The smallest absolute Gasteiger partial charge is 0.124 e. The summed E-state index contributed by atoms with van der Waals surface area (Å²) in [6, 6.07) is 6.47. The number of methoxy groups -OCH3 is 1. The molecule has 0 spiro atoms. The number of ether oxygens (including phenoxy) is 1. The van der Waals surface area contributed by atoms with Gasteiger partial charge in [-0.15, -0.1) is 0 Å². The second-order valence-electron chi connectivity index (χ2n) is 8.70. The summed E-state index contributed by atoms with van der Waals surface area (Å²) in [6.07, 6.45) is 18.0. The van der Waals surface area contributed by atoms with E-state index in [2.05, 4.69) is 55.3 Å². The predicted octanol–water partition coefficient (Wildman–Crippen LogP) is 6.76. The van der Waals surface area contributed by atoms with Gasteiger partial charge in [0.25, 0.3) is 0 Å². The van der Waals surface area contributed by atoms with Gasteiger partial charge in [0.1, 0.15) is 5.75 Å². The van der Waals surface area contributed by atoms with Crippen molar-refractivity contribution in [2.45, 2.75) is 84.6 Å². The summed E-state index contributed by atoms with van der Waals surface area (Å²) in [7, 11) is 1.76. The number of benzene rings is 1. The van der Waals surface area contributed by atoms with Crippen LogP contribution in [0.5, 0.6) is 5.75 Å². The third-order valence-electron chi connectivity index (χ3n) is 6.09. The number of nitrogens with two attached hydrogens (primary N) is 1. The maximum Gasteiger partial charge on any atom is 0.124 e. The van der Waals surface area contributed by atoms with Gasteiger partial charge in [0.05, 0.1) is 30.9 Å². The third-order valence-corrected chi connectivity index (χ3v) is 6.09. The van der Waals surface area contributed by atoms with Gasteiger partial charge < -0.3 is 15.4 Å². The van der Waals surface area contributed by atoms with Gasteiger partial charge in [-0.3, -0.25) is 0 Å². The molecule has 2 aliphatic heterocycles. The Morgan fingerprint density at radius 2 is 2.00 bits per heavy atom. The SMILES string of the molecule is CCCCCC/C1=C2/C(=C\CCC(N)=N1)CCC/C=C\N2Cc1ccc(C)cc1OC. The zero-order valence-corrected chi connectivity index (χ0v) is 19.6. The first kappa shape index (κ1) is 23.2. The lowest BCUT2D eigenvalue weighted by Gasteiger charge is -2.31. The minimum Gasteiger partial charge on any atom is -0.496 e. The summed E-state index contributed by atoms with van der Waals surface area (Å²) in [5.41, 5.74) is 12.5. The van der Waals surface area contributed by atoms with Crippen LogP contribution in [0, 0.1) is 6.92 Å². The van der Waals surface area contributed by atoms with Gasteiger partial charge in [-0.05, 0) is 62.7 Å². The van der Waals surface area contributed by atoms with Gasteiger partial charge in [-0.1, -0.05) is 50.5 Å². The van der Waals surface area contributed by atoms with Crippen molar-refractivity contribution in [2.24, 2.45) is 10.7 Å². The fraction of sp³-hybridized carbons (Fsp3) is 0.519. The summed E-state index contributed by atoms with van der Waals surface area (Å²) < 4.78 is 5.71. The largest absolute Gasteiger partial charge is 0.496 e. The highest BCUT2D eigenvalue weighted by Gasteiger charge is 2.22. The minimum atomic E-state index is 0.757. The molecule has 0 saturated carbocycles. The number of hydrogen-bond donors (Lipinski definition) is 1. The van der Waals surface area contributed by atoms with Crippen molar-refractivity contribution in [3.63, 3.8) is 0 Å². The van der Waals surface area contributed by atoms with Crippen molar-refractivity contribution >= 4 is 5.84 Å². The molecule has 3 rings (SSSR count). The number of aryl methyl sites for hydroxylation is 1. The normalized spacial score (nSPS) is 22.2. The van der Waals surface area contributed by atoms with E-state index >= 15 is 0 Å². The van der Waals surface area contributed by atoms with E-state index in [4.69, 9.17) is 15.5 Å². The molecular formula is C27H39N3O. The number of allylic oxidation sites excluding steroid dienone is 4. The quantitative estimate of drug-likeness (QED) is 0.472. The van der Waals surface area contributed by atoms with E-state index in [1.165, 1.54) is 48.1 Å². The Labute approximate surface area is 188 Å². The molecule has 0 unspecified atom stereocenters. The Kier molecular flexibility index (Phi) is 8.81. The average molecular weight is 422 g/mol. The van der Waals surface area contributed by atoms with Crippen LogP contribution in [0.25, 0.3) is 0 Å². The van der Waals surface area contributed by atoms with Gasteiger partial charge in [-0.25, -0.2) is 4.99 Å². The van der Waals surface area contributed by atoms with E-state index < -0.39 is 0 Å². The second kappa shape index (κ2) is 11.8. The highest BCUT2D eigenvalue weighted by molar-refractivity contribution is 5.82. The highest BCUT2D eigenvalue weighted by atomic mass is 16.5. The van der Waals surface area contributed by atoms with Gasteiger partial charge in [0.15, 0.2) is 0 Å². The van der Waals surface area contributed by atoms with Crippen molar-refractivity contribution in [1.82, 2.24) is 4.90 Å². The number of hydrogen-bond acceptors (Lipinski definition) is 4. The molecule has 0 amide bonds. The molecule has 0 radical (unpaired) electrons. The zero-order chi connectivity index (χ0) is 22.1. The topological polar surface area (TPSA) is 50.8 Å². The van der Waals surface area contributed by atoms with Crippen LogP contribution >= 0.6 is 0 Å². The van der Waals surface area contributed by atoms with Crippen LogP contribution in [0.4, 0.5) is 0 Å². The summed E-state index contributed by atoms with van der Waals surface area (Å²) in [5.74, 6) is 1.70. The van der Waals surface area contributed by atoms with E-state index in [1.54, 1.807) is 7.11 Å². The number of fused-ring (bicyclic) bond motifs is 1. The highest BCUT2D eigenvalue weighted by Crippen LogP contribution is 2.34. The molecule has 4 nitrogen and oxygen atoms in total. The minimum absolute atomic E-state index is 0.757. The first-order valence-corrected chi connectivity index (χ1v) is 11.9. The average Bonchev–Trinajstić information content (AvgIpc) is 2.73. The molecule has 168 valence electrons. The molecular weight excluding hydrogens is 382 g/mol. The molecule has 0 bridgehead atoms. The molecule has 4 heteroatoms. The fourth-order valence-electron chi connectivity index (χ4n) is 4.41. The van der Waals surface area contributed by atoms with Crippen LogP contribution in [-0.2, 0) is 6.54 Å². The van der Waals surface area contributed by atoms with E-state index in [0.29, 0.717) is 0 Å². The molecule has 0 saturated heterocycles. The first-order valence-electron chi connectivity index (χ1n) is 11.9. The van der Waals surface area contributed by atoms with Crippen LogP contribution < -0.4 is 10.5 Å². The maximum absolute atomic E-state index is 6.31. The third kappa shape index (κ3) is 6.49. The van der Waals surface area contributed by atoms with Gasteiger partial charge in [-0.2, -0.15) is 0 Å². The molecule has 2 N–H and O–H groups in total. The number of unbranched alkanes of at least 4 members (excludes halogenated alkanes) is 3. The Morgan fingerprint density at radius 1 is 1.13 bits per heavy atom. The Morgan fingerprint density at radius 3 is 2.81 bits per heavy atom. The van der Waals surface area contributed by atoms with Crippen molar-refractivity contribution in [1.29, 1.82) is 0 Å². The van der Waals surface area contributed by atoms with E-state index in [-0.39, 0.29) is 0 Å². The fourth-order valence-corrected chi connectivity index (χ4v) is 4.41. The van der Waals surface area contributed by atoms with Crippen molar-refractivity contribution in [3.05, 3.63) is 64.6 Å². The lowest BCUT2D eigenvalue weighted by atomic mass is 9.96. The molecule has 0 aliphatic carbocycles. The van der Waals surface area contributed by atoms with Crippen molar-refractivity contribution in [2.75, 3.05) is 7.11 Å². The molecule has 0 atom stereocenters. The number of rotatable bonds is 8. The van der Waals surface area contributed by atoms with Crippen LogP contribution in [-0.4, -0.2) is 17.8 Å². The van der Waals surface area contributed by atoms with Crippen LogP contribution in [0.2, 0.25) is 0 Å². The number of amidine groups is 1. The van der Waals surface area contributed by atoms with Crippen molar-refractivity contribution in [3.8, 4) is 5.75 Å². The van der Waals surface area contributed by atoms with E-state index in [9.17, 15) is 0 Å². The molecule has 31 heavy (non-hydrogen) atoms. The molecule has 0 aromatic heterocycles. The standard InChI is InChI=1S/C27H39N3O/c1-4-5-6-9-14-24-27-22(13-11-15-26(28)29-24)12-8-7-10-18-30(27)20-23-17-16-21(2)19-25(23)31-3/h10,13,16-19H,4-9,11-12,14-15,20H2,1-3H3,(H2,28,29)/b18-10-,22-13-,27-24+. The Bertz CT molecular complexity index is 863. The van der Waals surface area contributed by atoms with Crippen LogP contribution in [0.3, 0.4) is 0 Å².